The summed E-state index contributed by atoms with van der Waals surface area (Å²) in [5.41, 5.74) is 0.421. The van der Waals surface area contributed by atoms with Crippen LogP contribution >= 0.6 is 11.8 Å². The van der Waals surface area contributed by atoms with E-state index in [0.29, 0.717) is 12.3 Å². The smallest absolute Gasteiger partial charge is 0.343 e. The first-order chi connectivity index (χ1) is 10.5. The van der Waals surface area contributed by atoms with Crippen LogP contribution in [0.3, 0.4) is 0 Å². The van der Waals surface area contributed by atoms with Gasteiger partial charge in [-0.1, -0.05) is 12.1 Å². The molecule has 7 nitrogen and oxygen atoms in total. The number of aliphatic carboxylic acids is 1. The number of β-lactam (4-membered cyclic amide) rings is 1. The number of carboxylic acids is 1. The predicted molar refractivity (Wildman–Crippen MR) is 75.3 cm³/mol. The lowest BCUT2D eigenvalue weighted by Crippen LogP contribution is -2.79. The number of amides is 3. The lowest BCUT2D eigenvalue weighted by molar-refractivity contribution is -0.172. The fourth-order valence-electron chi connectivity index (χ4n) is 3.31. The van der Waals surface area contributed by atoms with Crippen LogP contribution in [0.4, 0.5) is 0 Å². The van der Waals surface area contributed by atoms with Crippen LogP contribution in [-0.4, -0.2) is 61.8 Å². The van der Waals surface area contributed by atoms with Crippen molar-refractivity contribution in [2.45, 2.75) is 10.9 Å². The number of imide groups is 1. The Labute approximate surface area is 128 Å². The van der Waals surface area contributed by atoms with Gasteiger partial charge in [0.15, 0.2) is 6.04 Å². The lowest BCUT2D eigenvalue weighted by Gasteiger charge is -2.51. The summed E-state index contributed by atoms with van der Waals surface area (Å²) in [4.78, 5) is 49.5. The molecule has 22 heavy (non-hydrogen) atoms. The highest BCUT2D eigenvalue weighted by molar-refractivity contribution is 8.01. The van der Waals surface area contributed by atoms with Gasteiger partial charge in [0.2, 0.25) is 4.87 Å². The summed E-state index contributed by atoms with van der Waals surface area (Å²) in [5, 5.41) is 9.57. The molecule has 3 aliphatic rings. The fraction of sp³-hybridized carbons (Fsp3) is 0.286. The van der Waals surface area contributed by atoms with Crippen molar-refractivity contribution in [3.05, 3.63) is 35.4 Å². The summed E-state index contributed by atoms with van der Waals surface area (Å²) in [7, 11) is 0. The summed E-state index contributed by atoms with van der Waals surface area (Å²) in [6.07, 6.45) is 0. The van der Waals surface area contributed by atoms with E-state index in [1.807, 2.05) is 0 Å². The van der Waals surface area contributed by atoms with Gasteiger partial charge in [0.05, 0.1) is 11.1 Å². The number of fused-ring (bicyclic) bond motifs is 2. The van der Waals surface area contributed by atoms with Crippen molar-refractivity contribution in [2.75, 3.05) is 12.3 Å². The SMILES string of the molecule is O=C1c2ccccc2C(=O)N1[C@H]1C(=O)N2CCS[C@@]12C(=O)O. The van der Waals surface area contributed by atoms with E-state index < -0.39 is 34.6 Å². The maximum atomic E-state index is 12.5. The number of carbonyl (C=O) groups excluding carboxylic acids is 3. The van der Waals surface area contributed by atoms with Crippen molar-refractivity contribution in [3.8, 4) is 0 Å². The third kappa shape index (κ3) is 1.29. The number of carbonyl (C=O) groups is 4. The molecule has 0 radical (unpaired) electrons. The number of hydrogen-bond donors (Lipinski definition) is 1. The van der Waals surface area contributed by atoms with Gasteiger partial charge in [-0.2, -0.15) is 0 Å². The zero-order chi connectivity index (χ0) is 15.6. The summed E-state index contributed by atoms with van der Waals surface area (Å²) >= 11 is 1.09. The molecule has 2 saturated heterocycles. The zero-order valence-corrected chi connectivity index (χ0v) is 12.0. The molecule has 1 aromatic rings. The van der Waals surface area contributed by atoms with Crippen LogP contribution in [0.2, 0.25) is 0 Å². The van der Waals surface area contributed by atoms with E-state index in [0.717, 1.165) is 16.7 Å². The quantitative estimate of drug-likeness (QED) is 0.610. The zero-order valence-electron chi connectivity index (χ0n) is 11.2. The summed E-state index contributed by atoms with van der Waals surface area (Å²) in [6, 6.07) is 4.99. The number of benzene rings is 1. The molecular formula is C14H10N2O5S. The molecule has 0 aliphatic carbocycles. The standard InChI is InChI=1S/C14H10N2O5S/c17-10-7-3-1-2-4-8(7)11(18)16(10)9-12(19)15-5-6-22-14(9,15)13(20)21/h1-4,9H,5-6H2,(H,20,21)/t9-,14+/m0/s1. The maximum absolute atomic E-state index is 12.5. The molecule has 2 fully saturated rings. The van der Waals surface area contributed by atoms with Crippen molar-refractivity contribution in [2.24, 2.45) is 0 Å². The van der Waals surface area contributed by atoms with Crippen molar-refractivity contribution in [1.82, 2.24) is 9.80 Å². The van der Waals surface area contributed by atoms with Gasteiger partial charge in [0, 0.05) is 12.3 Å². The molecule has 3 aliphatic heterocycles. The van der Waals surface area contributed by atoms with Gasteiger partial charge in [0.25, 0.3) is 17.7 Å². The molecule has 0 bridgehead atoms. The molecule has 3 amide bonds. The monoisotopic (exact) mass is 318 g/mol. The fourth-order valence-corrected chi connectivity index (χ4v) is 4.72. The van der Waals surface area contributed by atoms with Gasteiger partial charge in [0.1, 0.15) is 0 Å². The Kier molecular flexibility index (Phi) is 2.48. The van der Waals surface area contributed by atoms with Crippen molar-refractivity contribution < 1.29 is 24.3 Å². The van der Waals surface area contributed by atoms with Gasteiger partial charge in [-0.15, -0.1) is 11.8 Å². The normalized spacial score (nSPS) is 29.5. The highest BCUT2D eigenvalue weighted by Crippen LogP contribution is 2.50. The van der Waals surface area contributed by atoms with E-state index in [4.69, 9.17) is 0 Å². The van der Waals surface area contributed by atoms with E-state index in [-0.39, 0.29) is 11.1 Å². The first-order valence-corrected chi connectivity index (χ1v) is 7.64. The predicted octanol–water partition coefficient (Wildman–Crippen LogP) is 0.0211. The van der Waals surface area contributed by atoms with Crippen LogP contribution in [0.25, 0.3) is 0 Å². The molecule has 112 valence electrons. The van der Waals surface area contributed by atoms with Crippen LogP contribution in [0.1, 0.15) is 20.7 Å². The highest BCUT2D eigenvalue weighted by atomic mass is 32.2. The number of hydrogen-bond acceptors (Lipinski definition) is 5. The Morgan fingerprint density at radius 3 is 2.32 bits per heavy atom. The van der Waals surface area contributed by atoms with Gasteiger partial charge in [-0.25, -0.2) is 4.79 Å². The molecule has 8 heteroatoms. The van der Waals surface area contributed by atoms with E-state index in [2.05, 4.69) is 0 Å². The number of thioether (sulfide) groups is 1. The third-order valence-electron chi connectivity index (χ3n) is 4.30. The van der Waals surface area contributed by atoms with E-state index in [1.165, 1.54) is 17.0 Å². The van der Waals surface area contributed by atoms with Crippen LogP contribution in [0.15, 0.2) is 24.3 Å². The molecular weight excluding hydrogens is 308 g/mol. The average Bonchev–Trinajstić information content (AvgIpc) is 3.01. The van der Waals surface area contributed by atoms with Crippen molar-refractivity contribution in [3.63, 3.8) is 0 Å². The number of carboxylic acid groups (broad SMARTS) is 1. The largest absolute Gasteiger partial charge is 0.479 e. The van der Waals surface area contributed by atoms with Gasteiger partial charge >= 0.3 is 5.97 Å². The second-order valence-corrected chi connectivity index (χ2v) is 6.59. The molecule has 0 saturated carbocycles. The topological polar surface area (TPSA) is 95.0 Å². The Balaban J connectivity index is 1.80. The van der Waals surface area contributed by atoms with E-state index in [1.54, 1.807) is 12.1 Å². The van der Waals surface area contributed by atoms with Crippen LogP contribution in [0.5, 0.6) is 0 Å². The van der Waals surface area contributed by atoms with Crippen LogP contribution in [-0.2, 0) is 9.59 Å². The third-order valence-corrected chi connectivity index (χ3v) is 5.74. The number of nitrogens with zero attached hydrogens (tertiary/aromatic N) is 2. The molecule has 1 aromatic carbocycles. The van der Waals surface area contributed by atoms with Gasteiger partial charge in [-0.05, 0) is 12.1 Å². The number of rotatable bonds is 2. The Morgan fingerprint density at radius 2 is 1.77 bits per heavy atom. The molecule has 0 aromatic heterocycles. The van der Waals surface area contributed by atoms with Gasteiger partial charge < -0.3 is 10.0 Å². The molecule has 0 spiro atoms. The average molecular weight is 318 g/mol. The summed E-state index contributed by atoms with van der Waals surface area (Å²) in [5.74, 6) is -2.42. The first kappa shape index (κ1) is 13.3. The Bertz CT molecular complexity index is 728. The first-order valence-electron chi connectivity index (χ1n) is 6.66. The lowest BCUT2D eigenvalue weighted by atomic mass is 9.92. The second kappa shape index (κ2) is 4.10. The summed E-state index contributed by atoms with van der Waals surface area (Å²) < 4.78 is 0. The molecule has 1 N–H and O–H groups in total. The van der Waals surface area contributed by atoms with E-state index >= 15 is 0 Å². The molecule has 2 atom stereocenters. The van der Waals surface area contributed by atoms with Gasteiger partial charge in [-0.3, -0.25) is 19.3 Å². The maximum Gasteiger partial charge on any atom is 0.343 e. The Morgan fingerprint density at radius 1 is 1.18 bits per heavy atom. The minimum absolute atomic E-state index is 0.210. The molecule has 0 unspecified atom stereocenters. The van der Waals surface area contributed by atoms with Crippen LogP contribution < -0.4 is 0 Å². The van der Waals surface area contributed by atoms with Crippen molar-refractivity contribution >= 4 is 35.5 Å². The molecule has 3 heterocycles. The minimum Gasteiger partial charge on any atom is -0.479 e. The minimum atomic E-state index is -1.54. The van der Waals surface area contributed by atoms with Crippen molar-refractivity contribution in [1.29, 1.82) is 0 Å². The van der Waals surface area contributed by atoms with Crippen LogP contribution in [0, 0.1) is 0 Å². The summed E-state index contributed by atoms with van der Waals surface area (Å²) in [6.45, 7) is 0.315. The van der Waals surface area contributed by atoms with E-state index in [9.17, 15) is 24.3 Å². The molecule has 4 rings (SSSR count). The highest BCUT2D eigenvalue weighted by Gasteiger charge is 2.72. The Hall–Kier alpha value is -2.35. The second-order valence-electron chi connectivity index (χ2n) is 5.27.